The number of rotatable bonds is 5. The molecule has 0 aliphatic carbocycles. The molecule has 0 saturated carbocycles. The number of benzene rings is 2. The third-order valence-corrected chi connectivity index (χ3v) is 3.14. The lowest BCUT2D eigenvalue weighted by Gasteiger charge is -2.12. The molecule has 0 heterocycles. The number of hydrogen-bond acceptors (Lipinski definition) is 5. The summed E-state index contributed by atoms with van der Waals surface area (Å²) in [5.41, 5.74) is 2.33. The van der Waals surface area contributed by atoms with Crippen molar-refractivity contribution in [2.45, 2.75) is 13.8 Å². The number of nitro benzene ring substituents is 1. The normalized spacial score (nSPS) is 10.0. The van der Waals surface area contributed by atoms with Gasteiger partial charge in [-0.15, -0.1) is 0 Å². The second-order valence-electron chi connectivity index (χ2n) is 5.00. The summed E-state index contributed by atoms with van der Waals surface area (Å²) in [5.74, 6) is 0.248. The lowest BCUT2D eigenvalue weighted by Crippen LogP contribution is -2.07. The summed E-state index contributed by atoms with van der Waals surface area (Å²) in [7, 11) is 1.48. The number of aryl methyl sites for hydroxylation is 1. The van der Waals surface area contributed by atoms with E-state index in [1.165, 1.54) is 20.1 Å². The van der Waals surface area contributed by atoms with Crippen LogP contribution in [-0.2, 0) is 4.79 Å². The van der Waals surface area contributed by atoms with E-state index in [-0.39, 0.29) is 11.6 Å². The molecule has 2 aromatic carbocycles. The van der Waals surface area contributed by atoms with Crippen LogP contribution < -0.4 is 15.4 Å². The fourth-order valence-electron chi connectivity index (χ4n) is 2.12. The third-order valence-electron chi connectivity index (χ3n) is 3.14. The number of carbonyl (C=O) groups is 1. The Labute approximate surface area is 133 Å². The van der Waals surface area contributed by atoms with Crippen molar-refractivity contribution in [2.75, 3.05) is 17.7 Å². The number of carbonyl (C=O) groups excluding carboxylic acids is 1. The molecule has 2 N–H and O–H groups in total. The first-order valence-electron chi connectivity index (χ1n) is 6.88. The fraction of sp³-hybridized carbons (Fsp3) is 0.188. The van der Waals surface area contributed by atoms with E-state index in [9.17, 15) is 14.9 Å². The van der Waals surface area contributed by atoms with E-state index in [4.69, 9.17) is 4.74 Å². The van der Waals surface area contributed by atoms with Crippen molar-refractivity contribution in [2.24, 2.45) is 0 Å². The zero-order valence-electron chi connectivity index (χ0n) is 13.0. The van der Waals surface area contributed by atoms with E-state index in [0.29, 0.717) is 22.8 Å². The predicted molar refractivity (Wildman–Crippen MR) is 88.4 cm³/mol. The highest BCUT2D eigenvalue weighted by molar-refractivity contribution is 5.91. The van der Waals surface area contributed by atoms with Gasteiger partial charge in [0.05, 0.1) is 17.7 Å². The maximum atomic E-state index is 11.2. The Hall–Kier alpha value is -3.09. The number of methoxy groups -OCH3 is 1. The van der Waals surface area contributed by atoms with Crippen molar-refractivity contribution in [3.63, 3.8) is 0 Å². The summed E-state index contributed by atoms with van der Waals surface area (Å²) in [5, 5.41) is 16.8. The van der Waals surface area contributed by atoms with E-state index >= 15 is 0 Å². The molecule has 0 radical (unpaired) electrons. The van der Waals surface area contributed by atoms with Gasteiger partial charge in [-0.05, 0) is 30.7 Å². The summed E-state index contributed by atoms with van der Waals surface area (Å²) in [4.78, 5) is 21.9. The van der Waals surface area contributed by atoms with Crippen LogP contribution in [0.2, 0.25) is 0 Å². The molecular weight excluding hydrogens is 298 g/mol. The summed E-state index contributed by atoms with van der Waals surface area (Å²) in [6, 6.07) is 9.99. The van der Waals surface area contributed by atoms with Crippen LogP contribution in [0.25, 0.3) is 0 Å². The molecule has 1 amide bonds. The molecule has 0 unspecified atom stereocenters. The molecule has 0 spiro atoms. The second-order valence-corrected chi connectivity index (χ2v) is 5.00. The number of anilines is 3. The van der Waals surface area contributed by atoms with E-state index in [0.717, 1.165) is 5.56 Å². The SMILES string of the molecule is COc1cc(Nc2ccc(C)cc2[N+](=O)[O-])ccc1NC(C)=O. The molecule has 0 aliphatic rings. The summed E-state index contributed by atoms with van der Waals surface area (Å²) in [6.45, 7) is 3.20. The van der Waals surface area contributed by atoms with Crippen LogP contribution in [0.5, 0.6) is 5.75 Å². The van der Waals surface area contributed by atoms with Crippen LogP contribution in [0.4, 0.5) is 22.7 Å². The van der Waals surface area contributed by atoms with Crippen LogP contribution in [0.1, 0.15) is 12.5 Å². The summed E-state index contributed by atoms with van der Waals surface area (Å²) < 4.78 is 5.23. The van der Waals surface area contributed by atoms with Crippen molar-refractivity contribution in [3.8, 4) is 5.75 Å². The highest BCUT2D eigenvalue weighted by atomic mass is 16.6. The quantitative estimate of drug-likeness (QED) is 0.649. The first kappa shape index (κ1) is 16.3. The van der Waals surface area contributed by atoms with Crippen molar-refractivity contribution in [1.82, 2.24) is 0 Å². The zero-order chi connectivity index (χ0) is 17.0. The standard InChI is InChI=1S/C16H17N3O4/c1-10-4-6-13(15(8-10)19(21)22)18-12-5-7-14(17-11(2)20)16(9-12)23-3/h4-9,18H,1-3H3,(H,17,20). The first-order valence-corrected chi connectivity index (χ1v) is 6.88. The Morgan fingerprint density at radius 1 is 1.17 bits per heavy atom. The van der Waals surface area contributed by atoms with Gasteiger partial charge in [0.2, 0.25) is 5.91 Å². The molecule has 7 heteroatoms. The average Bonchev–Trinajstić information content (AvgIpc) is 2.49. The highest BCUT2D eigenvalue weighted by Gasteiger charge is 2.14. The Balaban J connectivity index is 2.34. The van der Waals surface area contributed by atoms with Crippen molar-refractivity contribution < 1.29 is 14.5 Å². The van der Waals surface area contributed by atoms with E-state index in [2.05, 4.69) is 10.6 Å². The molecule has 120 valence electrons. The Kier molecular flexibility index (Phi) is 4.80. The summed E-state index contributed by atoms with van der Waals surface area (Å²) in [6.07, 6.45) is 0. The number of hydrogen-bond donors (Lipinski definition) is 2. The molecular formula is C16H17N3O4. The molecule has 0 bridgehead atoms. The number of nitro groups is 1. The fourth-order valence-corrected chi connectivity index (χ4v) is 2.12. The van der Waals surface area contributed by atoms with Crippen LogP contribution in [0.3, 0.4) is 0 Å². The number of ether oxygens (including phenoxy) is 1. The minimum Gasteiger partial charge on any atom is -0.494 e. The first-order chi connectivity index (χ1) is 10.9. The molecule has 2 rings (SSSR count). The van der Waals surface area contributed by atoms with Gasteiger partial charge in [0.25, 0.3) is 5.69 Å². The minimum atomic E-state index is -0.432. The van der Waals surface area contributed by atoms with Crippen molar-refractivity contribution >= 4 is 28.7 Å². The molecule has 23 heavy (non-hydrogen) atoms. The lowest BCUT2D eigenvalue weighted by molar-refractivity contribution is -0.384. The maximum Gasteiger partial charge on any atom is 0.292 e. The zero-order valence-corrected chi connectivity index (χ0v) is 13.0. The van der Waals surface area contributed by atoms with Crippen LogP contribution in [0, 0.1) is 17.0 Å². The second kappa shape index (κ2) is 6.78. The monoisotopic (exact) mass is 315 g/mol. The van der Waals surface area contributed by atoms with E-state index in [1.807, 2.05) is 0 Å². The maximum absolute atomic E-state index is 11.2. The van der Waals surface area contributed by atoms with Crippen LogP contribution >= 0.6 is 0 Å². The molecule has 7 nitrogen and oxygen atoms in total. The molecule has 0 fully saturated rings. The smallest absolute Gasteiger partial charge is 0.292 e. The van der Waals surface area contributed by atoms with Gasteiger partial charge in [0.1, 0.15) is 11.4 Å². The number of amides is 1. The van der Waals surface area contributed by atoms with Gasteiger partial charge in [0.15, 0.2) is 0 Å². The summed E-state index contributed by atoms with van der Waals surface area (Å²) >= 11 is 0. The van der Waals surface area contributed by atoms with Gasteiger partial charge in [-0.3, -0.25) is 14.9 Å². The molecule has 0 aromatic heterocycles. The van der Waals surface area contributed by atoms with E-state index < -0.39 is 4.92 Å². The third kappa shape index (κ3) is 3.97. The van der Waals surface area contributed by atoms with E-state index in [1.54, 1.807) is 37.3 Å². The van der Waals surface area contributed by atoms with Gasteiger partial charge in [0, 0.05) is 24.7 Å². The Bertz CT molecular complexity index is 759. The van der Waals surface area contributed by atoms with Gasteiger partial charge < -0.3 is 15.4 Å². The number of nitrogens with zero attached hydrogens (tertiary/aromatic N) is 1. The average molecular weight is 315 g/mol. The lowest BCUT2D eigenvalue weighted by atomic mass is 10.2. The predicted octanol–water partition coefficient (Wildman–Crippen LogP) is 3.61. The van der Waals surface area contributed by atoms with Gasteiger partial charge in [-0.25, -0.2) is 0 Å². The van der Waals surface area contributed by atoms with Gasteiger partial charge >= 0.3 is 0 Å². The highest BCUT2D eigenvalue weighted by Crippen LogP contribution is 2.32. The topological polar surface area (TPSA) is 93.5 Å². The van der Waals surface area contributed by atoms with Crippen molar-refractivity contribution in [3.05, 3.63) is 52.1 Å². The van der Waals surface area contributed by atoms with Gasteiger partial charge in [-0.1, -0.05) is 6.07 Å². The number of nitrogens with one attached hydrogen (secondary N) is 2. The molecule has 0 saturated heterocycles. The Morgan fingerprint density at radius 2 is 1.87 bits per heavy atom. The molecule has 0 atom stereocenters. The van der Waals surface area contributed by atoms with Crippen LogP contribution in [0.15, 0.2) is 36.4 Å². The minimum absolute atomic E-state index is 0.00472. The molecule has 0 aliphatic heterocycles. The van der Waals surface area contributed by atoms with Gasteiger partial charge in [-0.2, -0.15) is 0 Å². The molecule has 2 aromatic rings. The Morgan fingerprint density at radius 3 is 2.48 bits per heavy atom. The van der Waals surface area contributed by atoms with Crippen LogP contribution in [-0.4, -0.2) is 17.9 Å². The van der Waals surface area contributed by atoms with Crippen molar-refractivity contribution in [1.29, 1.82) is 0 Å². The largest absolute Gasteiger partial charge is 0.494 e.